The first-order valence-electron chi connectivity index (χ1n) is 7.56. The predicted molar refractivity (Wildman–Crippen MR) is 86.0 cm³/mol. The lowest BCUT2D eigenvalue weighted by molar-refractivity contribution is 0.0937. The van der Waals surface area contributed by atoms with Crippen LogP contribution in [0.3, 0.4) is 0 Å². The molecule has 1 rings (SSSR count). The molecule has 0 aliphatic heterocycles. The maximum Gasteiger partial charge on any atom is 0.251 e. The Balaban J connectivity index is 2.39. The second kappa shape index (κ2) is 9.31. The number of nitrogens with two attached hydrogens (primary N) is 1. The van der Waals surface area contributed by atoms with E-state index < -0.39 is 0 Å². The number of anilines is 1. The van der Waals surface area contributed by atoms with Gasteiger partial charge in [0.15, 0.2) is 0 Å². The van der Waals surface area contributed by atoms with E-state index in [1.54, 1.807) is 18.3 Å². The second-order valence-corrected chi connectivity index (χ2v) is 5.12. The average molecular weight is 293 g/mol. The van der Waals surface area contributed by atoms with Crippen LogP contribution in [0.2, 0.25) is 0 Å². The van der Waals surface area contributed by atoms with Gasteiger partial charge in [0.25, 0.3) is 5.91 Å². The van der Waals surface area contributed by atoms with E-state index in [9.17, 15) is 4.79 Å². The van der Waals surface area contributed by atoms with E-state index in [0.29, 0.717) is 11.4 Å². The lowest BCUT2D eigenvalue weighted by Crippen LogP contribution is -2.33. The number of hydrogen-bond acceptors (Lipinski definition) is 5. The van der Waals surface area contributed by atoms with Gasteiger partial charge in [-0.05, 0) is 51.5 Å². The van der Waals surface area contributed by atoms with E-state index in [4.69, 9.17) is 5.84 Å². The van der Waals surface area contributed by atoms with E-state index >= 15 is 0 Å². The van der Waals surface area contributed by atoms with E-state index in [2.05, 4.69) is 34.5 Å². The van der Waals surface area contributed by atoms with Gasteiger partial charge in [0.2, 0.25) is 0 Å². The van der Waals surface area contributed by atoms with Crippen molar-refractivity contribution in [2.75, 3.05) is 25.1 Å². The first-order chi connectivity index (χ1) is 10.1. The van der Waals surface area contributed by atoms with Crippen molar-refractivity contribution in [1.82, 2.24) is 15.2 Å². The summed E-state index contributed by atoms with van der Waals surface area (Å²) in [5.74, 6) is 5.68. The molecule has 1 amide bonds. The van der Waals surface area contributed by atoms with Gasteiger partial charge in [-0.25, -0.2) is 10.8 Å². The summed E-state index contributed by atoms with van der Waals surface area (Å²) in [6.45, 7) is 9.59. The second-order valence-electron chi connectivity index (χ2n) is 5.12. The minimum absolute atomic E-state index is 0.0933. The molecule has 1 atom stereocenters. The van der Waals surface area contributed by atoms with Gasteiger partial charge in [0.1, 0.15) is 5.82 Å². The third-order valence-electron chi connectivity index (χ3n) is 3.55. The molecule has 0 aliphatic carbocycles. The molecule has 118 valence electrons. The van der Waals surface area contributed by atoms with Crippen LogP contribution in [0.5, 0.6) is 0 Å². The smallest absolute Gasteiger partial charge is 0.251 e. The van der Waals surface area contributed by atoms with Crippen LogP contribution in [-0.2, 0) is 0 Å². The summed E-state index contributed by atoms with van der Waals surface area (Å²) in [6, 6.07) is 3.46. The van der Waals surface area contributed by atoms with Crippen molar-refractivity contribution in [3.8, 4) is 0 Å². The Labute approximate surface area is 127 Å². The molecule has 0 spiro atoms. The number of carbonyl (C=O) groups is 1. The summed E-state index contributed by atoms with van der Waals surface area (Å²) in [5.41, 5.74) is 3.00. The van der Waals surface area contributed by atoms with Gasteiger partial charge in [0, 0.05) is 17.8 Å². The number of hydrogen-bond donors (Lipinski definition) is 3. The molecule has 0 radical (unpaired) electrons. The van der Waals surface area contributed by atoms with Gasteiger partial charge in [-0.2, -0.15) is 0 Å². The first kappa shape index (κ1) is 17.4. The summed E-state index contributed by atoms with van der Waals surface area (Å²) in [6.07, 6.45) is 3.61. The molecule has 0 aromatic carbocycles. The summed E-state index contributed by atoms with van der Waals surface area (Å²) in [7, 11) is 0. The summed E-state index contributed by atoms with van der Waals surface area (Å²) in [4.78, 5) is 18.5. The van der Waals surface area contributed by atoms with Crippen LogP contribution in [0.1, 0.15) is 44.0 Å². The average Bonchev–Trinajstić information content (AvgIpc) is 2.51. The van der Waals surface area contributed by atoms with Gasteiger partial charge >= 0.3 is 0 Å². The number of nitrogens with one attached hydrogen (secondary N) is 2. The number of hydrazine groups is 1. The van der Waals surface area contributed by atoms with Crippen molar-refractivity contribution in [3.05, 3.63) is 23.9 Å². The molecular formula is C15H27N5O. The zero-order valence-electron chi connectivity index (χ0n) is 13.2. The number of pyridine rings is 1. The van der Waals surface area contributed by atoms with E-state index in [1.807, 2.05) is 6.92 Å². The monoisotopic (exact) mass is 293 g/mol. The normalized spacial score (nSPS) is 12.2. The number of nitrogen functional groups attached to an aromatic ring is 1. The third-order valence-corrected chi connectivity index (χ3v) is 3.55. The molecule has 0 bridgehead atoms. The SMILES string of the molecule is CCN(CC)CCCC(C)NC(=O)c1ccnc(NN)c1. The molecule has 1 unspecified atom stereocenters. The molecule has 4 N–H and O–H groups in total. The van der Waals surface area contributed by atoms with Crippen LogP contribution >= 0.6 is 0 Å². The standard InChI is InChI=1S/C15H27N5O/c1-4-20(5-2)10-6-7-12(3)18-15(21)13-8-9-17-14(11-13)19-16/h8-9,11-12H,4-7,10,16H2,1-3H3,(H,17,19)(H,18,21). The topological polar surface area (TPSA) is 83.3 Å². The van der Waals surface area contributed by atoms with Crippen LogP contribution in [-0.4, -0.2) is 41.5 Å². The molecular weight excluding hydrogens is 266 g/mol. The fourth-order valence-corrected chi connectivity index (χ4v) is 2.19. The van der Waals surface area contributed by atoms with Crippen molar-refractivity contribution in [2.45, 2.75) is 39.7 Å². The fraction of sp³-hybridized carbons (Fsp3) is 0.600. The van der Waals surface area contributed by atoms with E-state index in [-0.39, 0.29) is 11.9 Å². The Hall–Kier alpha value is -1.66. The fourth-order valence-electron chi connectivity index (χ4n) is 2.19. The molecule has 6 nitrogen and oxygen atoms in total. The van der Waals surface area contributed by atoms with Gasteiger partial charge in [0.05, 0.1) is 0 Å². The highest BCUT2D eigenvalue weighted by molar-refractivity contribution is 5.94. The highest BCUT2D eigenvalue weighted by Crippen LogP contribution is 2.07. The number of carbonyl (C=O) groups excluding carboxylic acids is 1. The van der Waals surface area contributed by atoms with Gasteiger partial charge in [-0.3, -0.25) is 4.79 Å². The molecule has 1 aromatic heterocycles. The number of aromatic nitrogens is 1. The molecule has 0 saturated heterocycles. The number of amides is 1. The Bertz CT molecular complexity index is 434. The highest BCUT2D eigenvalue weighted by Gasteiger charge is 2.11. The lowest BCUT2D eigenvalue weighted by Gasteiger charge is -2.19. The molecule has 1 aromatic rings. The zero-order valence-corrected chi connectivity index (χ0v) is 13.2. The Kier molecular flexibility index (Phi) is 7.71. The summed E-state index contributed by atoms with van der Waals surface area (Å²) >= 11 is 0. The van der Waals surface area contributed by atoms with Gasteiger partial charge in [-0.1, -0.05) is 13.8 Å². The maximum atomic E-state index is 12.1. The molecule has 21 heavy (non-hydrogen) atoms. The Morgan fingerprint density at radius 3 is 2.76 bits per heavy atom. The van der Waals surface area contributed by atoms with Crippen LogP contribution in [0.25, 0.3) is 0 Å². The predicted octanol–water partition coefficient (Wildman–Crippen LogP) is 1.61. The maximum absolute atomic E-state index is 12.1. The molecule has 1 heterocycles. The van der Waals surface area contributed by atoms with Crippen molar-refractivity contribution in [2.24, 2.45) is 5.84 Å². The van der Waals surface area contributed by atoms with Crippen molar-refractivity contribution >= 4 is 11.7 Å². The largest absolute Gasteiger partial charge is 0.350 e. The minimum atomic E-state index is -0.0933. The molecule has 6 heteroatoms. The third kappa shape index (κ3) is 6.10. The van der Waals surface area contributed by atoms with Crippen molar-refractivity contribution < 1.29 is 4.79 Å². The molecule has 0 saturated carbocycles. The first-order valence-corrected chi connectivity index (χ1v) is 7.56. The highest BCUT2D eigenvalue weighted by atomic mass is 16.1. The quantitative estimate of drug-likeness (QED) is 0.476. The molecule has 0 fully saturated rings. The molecule has 0 aliphatic rings. The zero-order chi connectivity index (χ0) is 15.7. The number of rotatable bonds is 9. The Morgan fingerprint density at radius 1 is 1.43 bits per heavy atom. The van der Waals surface area contributed by atoms with Crippen LogP contribution < -0.4 is 16.6 Å². The van der Waals surface area contributed by atoms with Gasteiger partial charge in [-0.15, -0.1) is 0 Å². The number of nitrogens with zero attached hydrogens (tertiary/aromatic N) is 2. The lowest BCUT2D eigenvalue weighted by atomic mass is 10.1. The van der Waals surface area contributed by atoms with Crippen LogP contribution in [0, 0.1) is 0 Å². The summed E-state index contributed by atoms with van der Waals surface area (Å²) < 4.78 is 0. The van der Waals surface area contributed by atoms with Crippen molar-refractivity contribution in [3.63, 3.8) is 0 Å². The minimum Gasteiger partial charge on any atom is -0.350 e. The summed E-state index contributed by atoms with van der Waals surface area (Å²) in [5, 5.41) is 3.00. The van der Waals surface area contributed by atoms with Gasteiger partial charge < -0.3 is 15.6 Å². The van der Waals surface area contributed by atoms with E-state index in [1.165, 1.54) is 0 Å². The van der Waals surface area contributed by atoms with Crippen LogP contribution in [0.15, 0.2) is 18.3 Å². The van der Waals surface area contributed by atoms with Crippen molar-refractivity contribution in [1.29, 1.82) is 0 Å². The Morgan fingerprint density at radius 2 is 2.14 bits per heavy atom. The van der Waals surface area contributed by atoms with Crippen LogP contribution in [0.4, 0.5) is 5.82 Å². The van der Waals surface area contributed by atoms with E-state index in [0.717, 1.165) is 32.5 Å².